The fourth-order valence-electron chi connectivity index (χ4n) is 4.12. The molecule has 0 aliphatic carbocycles. The molecule has 0 aromatic heterocycles. The van der Waals surface area contributed by atoms with Gasteiger partial charge in [0.15, 0.2) is 11.9 Å². The van der Waals surface area contributed by atoms with Crippen LogP contribution in [0.5, 0.6) is 0 Å². The average Bonchev–Trinajstić information content (AvgIpc) is 3.27. The molecule has 9 heteroatoms. The van der Waals surface area contributed by atoms with E-state index in [4.69, 9.17) is 24.1 Å². The van der Waals surface area contributed by atoms with Crippen molar-refractivity contribution in [1.82, 2.24) is 4.90 Å². The monoisotopic (exact) mass is 501 g/mol. The number of imide groups is 1. The van der Waals surface area contributed by atoms with Gasteiger partial charge in [-0.2, -0.15) is 0 Å². The minimum atomic E-state index is -1.07. The van der Waals surface area contributed by atoms with Gasteiger partial charge in [0.05, 0.1) is 45.0 Å². The van der Waals surface area contributed by atoms with Crippen LogP contribution in [0.1, 0.15) is 25.8 Å². The maximum atomic E-state index is 13.7. The van der Waals surface area contributed by atoms with Gasteiger partial charge in [0.1, 0.15) is 12.4 Å². The van der Waals surface area contributed by atoms with Crippen molar-refractivity contribution in [2.75, 3.05) is 39.6 Å². The first-order valence-corrected chi connectivity index (χ1v) is 12.3. The number of ketones is 1. The molecule has 0 radical (unpaired) electrons. The SMILES string of the molecule is CC(C)[C@H]1COC(=O)N1C(=O)[C@@H](Cc1ccccc1)[C@@H]1OC(=CCCOCCOCCO)C=CC1=O. The molecule has 0 saturated carbocycles. The molecule has 1 N–H and O–H groups in total. The van der Waals surface area contributed by atoms with E-state index in [1.807, 2.05) is 44.2 Å². The Morgan fingerprint density at radius 2 is 1.83 bits per heavy atom. The summed E-state index contributed by atoms with van der Waals surface area (Å²) in [5.41, 5.74) is 0.859. The van der Waals surface area contributed by atoms with Crippen molar-refractivity contribution in [1.29, 1.82) is 0 Å². The van der Waals surface area contributed by atoms with E-state index in [0.717, 1.165) is 10.5 Å². The number of amides is 2. The summed E-state index contributed by atoms with van der Waals surface area (Å²) < 4.78 is 21.8. The fraction of sp³-hybridized carbons (Fsp3) is 0.519. The molecule has 0 unspecified atom stereocenters. The zero-order valence-electron chi connectivity index (χ0n) is 20.8. The maximum absolute atomic E-state index is 13.7. The predicted molar refractivity (Wildman–Crippen MR) is 131 cm³/mol. The Hall–Kier alpha value is -3.01. The third-order valence-electron chi connectivity index (χ3n) is 6.06. The number of allylic oxidation sites excluding steroid dienone is 1. The van der Waals surface area contributed by atoms with Gasteiger partial charge in [0.25, 0.3) is 0 Å². The maximum Gasteiger partial charge on any atom is 0.416 e. The van der Waals surface area contributed by atoms with Crippen LogP contribution in [0.3, 0.4) is 0 Å². The van der Waals surface area contributed by atoms with Crippen LogP contribution < -0.4 is 0 Å². The van der Waals surface area contributed by atoms with Crippen molar-refractivity contribution in [2.24, 2.45) is 11.8 Å². The van der Waals surface area contributed by atoms with Gasteiger partial charge in [-0.15, -0.1) is 0 Å². The fourth-order valence-corrected chi connectivity index (χ4v) is 4.12. The molecule has 196 valence electrons. The lowest BCUT2D eigenvalue weighted by Crippen LogP contribution is -2.50. The summed E-state index contributed by atoms with van der Waals surface area (Å²) in [5, 5.41) is 8.69. The molecule has 2 heterocycles. The summed E-state index contributed by atoms with van der Waals surface area (Å²) in [5.74, 6) is -1.23. The van der Waals surface area contributed by atoms with E-state index in [0.29, 0.717) is 32.0 Å². The van der Waals surface area contributed by atoms with E-state index in [9.17, 15) is 14.4 Å². The van der Waals surface area contributed by atoms with Crippen LogP contribution in [-0.4, -0.2) is 79.6 Å². The largest absolute Gasteiger partial charge is 0.482 e. The third-order valence-corrected chi connectivity index (χ3v) is 6.06. The van der Waals surface area contributed by atoms with E-state index >= 15 is 0 Å². The minimum absolute atomic E-state index is 0.00476. The molecule has 1 aromatic rings. The Bertz CT molecular complexity index is 942. The van der Waals surface area contributed by atoms with Gasteiger partial charge in [-0.1, -0.05) is 44.2 Å². The van der Waals surface area contributed by atoms with E-state index < -0.39 is 30.1 Å². The summed E-state index contributed by atoms with van der Waals surface area (Å²) in [7, 11) is 0. The number of aliphatic hydroxyl groups excluding tert-OH is 1. The zero-order valence-corrected chi connectivity index (χ0v) is 20.8. The molecule has 1 aromatic carbocycles. The summed E-state index contributed by atoms with van der Waals surface area (Å²) in [4.78, 5) is 40.3. The molecule has 2 amide bonds. The van der Waals surface area contributed by atoms with Crippen LogP contribution >= 0.6 is 0 Å². The topological polar surface area (TPSA) is 112 Å². The Balaban J connectivity index is 1.72. The highest BCUT2D eigenvalue weighted by molar-refractivity contribution is 6.02. The lowest BCUT2D eigenvalue weighted by Gasteiger charge is -2.32. The quantitative estimate of drug-likeness (QED) is 0.411. The molecular weight excluding hydrogens is 466 g/mol. The van der Waals surface area contributed by atoms with E-state index in [1.165, 1.54) is 6.08 Å². The molecule has 3 rings (SSSR count). The number of carbonyl (C=O) groups is 3. The number of hydrogen-bond acceptors (Lipinski definition) is 8. The normalized spacial score (nSPS) is 21.7. The Kier molecular flexibility index (Phi) is 10.7. The molecule has 1 fully saturated rings. The van der Waals surface area contributed by atoms with Crippen LogP contribution in [-0.2, 0) is 35.0 Å². The van der Waals surface area contributed by atoms with Crippen molar-refractivity contribution in [3.05, 3.63) is 59.9 Å². The average molecular weight is 502 g/mol. The van der Waals surface area contributed by atoms with Crippen molar-refractivity contribution in [3.63, 3.8) is 0 Å². The first-order chi connectivity index (χ1) is 17.4. The lowest BCUT2D eigenvalue weighted by atomic mass is 9.88. The highest BCUT2D eigenvalue weighted by atomic mass is 16.6. The molecule has 2 aliphatic heterocycles. The first-order valence-electron chi connectivity index (χ1n) is 12.3. The molecule has 9 nitrogen and oxygen atoms in total. The van der Waals surface area contributed by atoms with Crippen LogP contribution in [0.15, 0.2) is 54.3 Å². The number of nitrogens with zero attached hydrogens (tertiary/aromatic N) is 1. The molecule has 0 bridgehead atoms. The Labute approximate surface area is 211 Å². The van der Waals surface area contributed by atoms with E-state index in [1.54, 1.807) is 12.2 Å². The number of aliphatic hydroxyl groups is 1. The molecule has 0 spiro atoms. The smallest absolute Gasteiger partial charge is 0.416 e. The second-order valence-corrected chi connectivity index (χ2v) is 9.01. The van der Waals surface area contributed by atoms with Gasteiger partial charge < -0.3 is 24.1 Å². The highest BCUT2D eigenvalue weighted by Crippen LogP contribution is 2.29. The number of ether oxygens (including phenoxy) is 4. The molecule has 3 atom stereocenters. The summed E-state index contributed by atoms with van der Waals surface area (Å²) in [6.45, 7) is 5.44. The number of hydrogen-bond donors (Lipinski definition) is 1. The van der Waals surface area contributed by atoms with E-state index in [2.05, 4.69) is 0 Å². The molecule has 2 aliphatic rings. The number of cyclic esters (lactones) is 1. The number of carbonyl (C=O) groups excluding carboxylic acids is 3. The Morgan fingerprint density at radius 1 is 1.11 bits per heavy atom. The van der Waals surface area contributed by atoms with Crippen LogP contribution in [0.2, 0.25) is 0 Å². The summed E-state index contributed by atoms with van der Waals surface area (Å²) in [6, 6.07) is 8.96. The number of benzene rings is 1. The van der Waals surface area contributed by atoms with Crippen LogP contribution in [0, 0.1) is 11.8 Å². The summed E-state index contributed by atoms with van der Waals surface area (Å²) >= 11 is 0. The third kappa shape index (κ3) is 7.49. The van der Waals surface area contributed by atoms with Gasteiger partial charge in [-0.25, -0.2) is 9.69 Å². The summed E-state index contributed by atoms with van der Waals surface area (Å²) in [6.07, 6.45) is 3.81. The van der Waals surface area contributed by atoms with Gasteiger partial charge in [0, 0.05) is 0 Å². The van der Waals surface area contributed by atoms with Crippen molar-refractivity contribution < 1.29 is 38.4 Å². The molecule has 36 heavy (non-hydrogen) atoms. The number of rotatable bonds is 13. The first kappa shape index (κ1) is 27.6. The minimum Gasteiger partial charge on any atom is -0.482 e. The van der Waals surface area contributed by atoms with Gasteiger partial charge in [-0.3, -0.25) is 9.59 Å². The predicted octanol–water partition coefficient (Wildman–Crippen LogP) is 2.67. The van der Waals surface area contributed by atoms with Crippen LogP contribution in [0.4, 0.5) is 4.79 Å². The van der Waals surface area contributed by atoms with Crippen LogP contribution in [0.25, 0.3) is 0 Å². The lowest BCUT2D eigenvalue weighted by molar-refractivity contribution is -0.144. The second-order valence-electron chi connectivity index (χ2n) is 9.01. The van der Waals surface area contributed by atoms with E-state index in [-0.39, 0.29) is 37.9 Å². The van der Waals surface area contributed by atoms with Gasteiger partial charge in [-0.05, 0) is 42.6 Å². The van der Waals surface area contributed by atoms with Gasteiger partial charge in [0.2, 0.25) is 5.91 Å². The highest BCUT2D eigenvalue weighted by Gasteiger charge is 2.46. The van der Waals surface area contributed by atoms with Gasteiger partial charge >= 0.3 is 6.09 Å². The Morgan fingerprint density at radius 3 is 2.53 bits per heavy atom. The molecular formula is C27H35NO8. The van der Waals surface area contributed by atoms with Crippen molar-refractivity contribution in [2.45, 2.75) is 38.8 Å². The zero-order chi connectivity index (χ0) is 25.9. The standard InChI is InChI=1S/C27H35NO8/c1-19(2)23-18-35-27(32)28(23)26(31)22(17-20-7-4-3-5-8-20)25-24(30)11-10-21(36-25)9-6-13-33-15-16-34-14-12-29/h3-5,7-11,19,22-23,25,29H,6,12-18H2,1-2H3/t22-,23+,25-/m0/s1. The van der Waals surface area contributed by atoms with Crippen molar-refractivity contribution in [3.8, 4) is 0 Å². The van der Waals surface area contributed by atoms with Crippen molar-refractivity contribution >= 4 is 17.8 Å². The second kappa shape index (κ2) is 13.9. The molecule has 1 saturated heterocycles.